The summed E-state index contributed by atoms with van der Waals surface area (Å²) in [7, 11) is 0. The highest BCUT2D eigenvalue weighted by atomic mass is 16.6. The number of aryl methyl sites for hydroxylation is 1. The number of amides is 1. The van der Waals surface area contributed by atoms with Crippen molar-refractivity contribution >= 4 is 17.6 Å². The monoisotopic (exact) mass is 295 g/mol. The topological polar surface area (TPSA) is 46.6 Å². The lowest BCUT2D eigenvalue weighted by Crippen LogP contribution is -2.34. The third-order valence-corrected chi connectivity index (χ3v) is 3.77. The first-order chi connectivity index (χ1) is 10.6. The van der Waals surface area contributed by atoms with Gasteiger partial charge in [0.25, 0.3) is 0 Å². The van der Waals surface area contributed by atoms with Gasteiger partial charge in [-0.1, -0.05) is 48.5 Å². The van der Waals surface area contributed by atoms with Gasteiger partial charge in [-0.05, 0) is 18.1 Å². The van der Waals surface area contributed by atoms with Crippen molar-refractivity contribution in [2.24, 2.45) is 0 Å². The van der Waals surface area contributed by atoms with Gasteiger partial charge in [0.15, 0.2) is 0 Å². The number of benzene rings is 2. The lowest BCUT2D eigenvalue weighted by molar-refractivity contribution is -0.147. The molecule has 1 aliphatic rings. The average molecular weight is 295 g/mol. The van der Waals surface area contributed by atoms with Gasteiger partial charge in [0.2, 0.25) is 12.1 Å². The molecule has 1 heterocycles. The molecule has 3 rings (SSSR count). The van der Waals surface area contributed by atoms with E-state index in [2.05, 4.69) is 0 Å². The predicted octanol–water partition coefficient (Wildman–Crippen LogP) is 3.15. The van der Waals surface area contributed by atoms with Gasteiger partial charge in [0.05, 0.1) is 12.1 Å². The van der Waals surface area contributed by atoms with Gasteiger partial charge in [0.1, 0.15) is 0 Å². The number of nitrogens with zero attached hydrogens (tertiary/aromatic N) is 1. The van der Waals surface area contributed by atoms with Gasteiger partial charge in [-0.15, -0.1) is 0 Å². The van der Waals surface area contributed by atoms with Gasteiger partial charge in [-0.25, -0.2) is 0 Å². The van der Waals surface area contributed by atoms with Crippen LogP contribution in [-0.2, 0) is 20.7 Å². The zero-order chi connectivity index (χ0) is 15.7. The third kappa shape index (κ3) is 2.48. The van der Waals surface area contributed by atoms with E-state index in [-0.39, 0.29) is 5.91 Å². The van der Waals surface area contributed by atoms with E-state index in [0.717, 1.165) is 22.4 Å². The fraction of sp³-hybridized carbons (Fsp3) is 0.222. The Balaban J connectivity index is 2.10. The van der Waals surface area contributed by atoms with Crippen molar-refractivity contribution in [1.29, 1.82) is 0 Å². The van der Waals surface area contributed by atoms with E-state index in [1.807, 2.05) is 55.5 Å². The third-order valence-electron chi connectivity index (χ3n) is 3.77. The van der Waals surface area contributed by atoms with Gasteiger partial charge >= 0.3 is 5.97 Å². The van der Waals surface area contributed by atoms with Crippen LogP contribution in [-0.4, -0.2) is 11.9 Å². The van der Waals surface area contributed by atoms with Crippen LogP contribution in [0.25, 0.3) is 0 Å². The first kappa shape index (κ1) is 14.3. The molecule has 0 N–H and O–H groups in total. The van der Waals surface area contributed by atoms with Crippen molar-refractivity contribution in [2.75, 3.05) is 4.90 Å². The Labute approximate surface area is 129 Å². The summed E-state index contributed by atoms with van der Waals surface area (Å²) in [5.41, 5.74) is 3.60. The number of rotatable bonds is 3. The van der Waals surface area contributed by atoms with Gasteiger partial charge < -0.3 is 4.74 Å². The fourth-order valence-electron chi connectivity index (χ4n) is 2.87. The highest BCUT2D eigenvalue weighted by molar-refractivity contribution is 6.02. The van der Waals surface area contributed by atoms with Crippen LogP contribution in [0, 0.1) is 6.92 Å². The number of hydrogen-bond donors (Lipinski definition) is 0. The lowest BCUT2D eigenvalue weighted by atomic mass is 10.1. The van der Waals surface area contributed by atoms with E-state index in [4.69, 9.17) is 4.74 Å². The van der Waals surface area contributed by atoms with E-state index >= 15 is 0 Å². The van der Waals surface area contributed by atoms with Crippen molar-refractivity contribution in [3.63, 3.8) is 0 Å². The van der Waals surface area contributed by atoms with Crippen LogP contribution >= 0.6 is 0 Å². The molecule has 0 spiro atoms. The maximum atomic E-state index is 12.5. The molecule has 0 radical (unpaired) electrons. The second-order valence-corrected chi connectivity index (χ2v) is 5.40. The summed E-state index contributed by atoms with van der Waals surface area (Å²) in [5.74, 6) is -0.469. The van der Waals surface area contributed by atoms with Crippen LogP contribution in [0.4, 0.5) is 5.69 Å². The van der Waals surface area contributed by atoms with Crippen molar-refractivity contribution in [3.8, 4) is 0 Å². The van der Waals surface area contributed by atoms with Crippen molar-refractivity contribution in [2.45, 2.75) is 26.5 Å². The summed E-state index contributed by atoms with van der Waals surface area (Å²) in [6.45, 7) is 3.31. The number of hydrogen-bond acceptors (Lipinski definition) is 3. The number of carbonyl (C=O) groups excluding carboxylic acids is 2. The minimum absolute atomic E-state index is 0.0561. The Morgan fingerprint density at radius 2 is 1.86 bits per heavy atom. The van der Waals surface area contributed by atoms with E-state index < -0.39 is 12.2 Å². The molecule has 1 atom stereocenters. The molecule has 1 amide bonds. The molecule has 4 nitrogen and oxygen atoms in total. The molecule has 0 saturated carbocycles. The maximum absolute atomic E-state index is 12.5. The standard InChI is InChI=1S/C18H17NO3/c1-12-7-6-10-15-11-16(21)19(17(12)15)18(22-13(2)20)14-8-4-3-5-9-14/h3-10,18H,11H2,1-2H3. The summed E-state index contributed by atoms with van der Waals surface area (Å²) >= 11 is 0. The Bertz CT molecular complexity index is 724. The largest absolute Gasteiger partial charge is 0.437 e. The molecule has 2 aromatic rings. The summed E-state index contributed by atoms with van der Waals surface area (Å²) < 4.78 is 5.47. The summed E-state index contributed by atoms with van der Waals surface area (Å²) in [5, 5.41) is 0. The smallest absolute Gasteiger partial charge is 0.304 e. The minimum Gasteiger partial charge on any atom is -0.437 e. The highest BCUT2D eigenvalue weighted by Crippen LogP contribution is 2.38. The number of carbonyl (C=O) groups is 2. The quantitative estimate of drug-likeness (QED) is 0.817. The molecule has 1 unspecified atom stereocenters. The van der Waals surface area contributed by atoms with Crippen molar-refractivity contribution in [3.05, 3.63) is 65.2 Å². The second kappa shape index (κ2) is 5.64. The van der Waals surface area contributed by atoms with E-state index in [1.54, 1.807) is 4.90 Å². The molecule has 4 heteroatoms. The Hall–Kier alpha value is -2.62. The second-order valence-electron chi connectivity index (χ2n) is 5.40. The van der Waals surface area contributed by atoms with Crippen molar-refractivity contribution in [1.82, 2.24) is 0 Å². The van der Waals surface area contributed by atoms with E-state index in [9.17, 15) is 9.59 Å². The molecule has 0 aromatic heterocycles. The fourth-order valence-corrected chi connectivity index (χ4v) is 2.87. The van der Waals surface area contributed by atoms with E-state index in [0.29, 0.717) is 6.42 Å². The molecule has 0 saturated heterocycles. The van der Waals surface area contributed by atoms with E-state index in [1.165, 1.54) is 6.92 Å². The van der Waals surface area contributed by atoms with Crippen LogP contribution in [0.2, 0.25) is 0 Å². The summed E-state index contributed by atoms with van der Waals surface area (Å²) in [6.07, 6.45) is -0.393. The number of para-hydroxylation sites is 1. The molecule has 22 heavy (non-hydrogen) atoms. The maximum Gasteiger partial charge on any atom is 0.304 e. The normalized spacial score (nSPS) is 14.6. The molecule has 0 bridgehead atoms. The van der Waals surface area contributed by atoms with Gasteiger partial charge in [-0.3, -0.25) is 14.5 Å². The molecule has 0 fully saturated rings. The van der Waals surface area contributed by atoms with Crippen LogP contribution in [0.1, 0.15) is 29.8 Å². The number of anilines is 1. The highest BCUT2D eigenvalue weighted by Gasteiger charge is 2.36. The molecule has 2 aromatic carbocycles. The van der Waals surface area contributed by atoms with Crippen molar-refractivity contribution < 1.29 is 14.3 Å². The number of esters is 1. The molecular formula is C18H17NO3. The Morgan fingerprint density at radius 1 is 1.14 bits per heavy atom. The first-order valence-electron chi connectivity index (χ1n) is 7.20. The van der Waals surface area contributed by atoms with Crippen LogP contribution in [0.3, 0.4) is 0 Å². The number of ether oxygens (including phenoxy) is 1. The SMILES string of the molecule is CC(=O)OC(c1ccccc1)N1C(=O)Cc2cccc(C)c21. The average Bonchev–Trinajstić information content (AvgIpc) is 2.83. The Morgan fingerprint density at radius 3 is 2.55 bits per heavy atom. The zero-order valence-electron chi connectivity index (χ0n) is 12.6. The molecule has 0 aliphatic carbocycles. The van der Waals surface area contributed by atoms with Gasteiger partial charge in [-0.2, -0.15) is 0 Å². The number of fused-ring (bicyclic) bond motifs is 1. The Kier molecular flexibility index (Phi) is 3.67. The molecule has 1 aliphatic heterocycles. The summed E-state index contributed by atoms with van der Waals surface area (Å²) in [4.78, 5) is 25.6. The van der Waals surface area contributed by atoms with Crippen LogP contribution in [0.5, 0.6) is 0 Å². The molecular weight excluding hydrogens is 278 g/mol. The first-order valence-corrected chi connectivity index (χ1v) is 7.20. The lowest BCUT2D eigenvalue weighted by Gasteiger charge is -2.29. The zero-order valence-corrected chi connectivity index (χ0v) is 12.6. The predicted molar refractivity (Wildman–Crippen MR) is 83.3 cm³/mol. The van der Waals surface area contributed by atoms with Crippen LogP contribution in [0.15, 0.2) is 48.5 Å². The van der Waals surface area contributed by atoms with Crippen LogP contribution < -0.4 is 4.90 Å². The summed E-state index contributed by atoms with van der Waals surface area (Å²) in [6, 6.07) is 15.2. The molecule has 112 valence electrons. The van der Waals surface area contributed by atoms with Gasteiger partial charge in [0, 0.05) is 12.5 Å². The minimum atomic E-state index is -0.728.